The smallest absolute Gasteiger partial charge is 0.184 e. The summed E-state index contributed by atoms with van der Waals surface area (Å²) in [7, 11) is 0. The molecule has 0 amide bonds. The molecule has 0 bridgehead atoms. The molecule has 0 aromatic heterocycles. The van der Waals surface area contributed by atoms with E-state index in [1.807, 2.05) is 0 Å². The number of hydrogen-bond acceptors (Lipinski definition) is 2. The van der Waals surface area contributed by atoms with Crippen LogP contribution in [0.15, 0.2) is 23.5 Å². The second-order valence-electron chi connectivity index (χ2n) is 4.63. The van der Waals surface area contributed by atoms with Gasteiger partial charge in [0.15, 0.2) is 5.78 Å². The Labute approximate surface area is 84.3 Å². The van der Waals surface area contributed by atoms with E-state index in [2.05, 4.69) is 6.92 Å². The standard InChI is InChI=1S/C12H16O2/c1-12-5-3-2-4-10(12)6-11(14)9(7-12)8-13/h6,8,13H,2-5,7H2,1H3/b9-8-/t12-/m0/s1. The topological polar surface area (TPSA) is 37.3 Å². The number of allylic oxidation sites excluding steroid dienone is 3. The van der Waals surface area contributed by atoms with E-state index in [9.17, 15) is 4.79 Å². The molecule has 0 aromatic rings. The summed E-state index contributed by atoms with van der Waals surface area (Å²) >= 11 is 0. The van der Waals surface area contributed by atoms with Gasteiger partial charge in [-0.3, -0.25) is 4.79 Å². The summed E-state index contributed by atoms with van der Waals surface area (Å²) in [5, 5.41) is 8.95. The highest BCUT2D eigenvalue weighted by Gasteiger charge is 2.37. The van der Waals surface area contributed by atoms with E-state index in [0.29, 0.717) is 12.0 Å². The van der Waals surface area contributed by atoms with Crippen LogP contribution in [0, 0.1) is 5.41 Å². The van der Waals surface area contributed by atoms with Gasteiger partial charge >= 0.3 is 0 Å². The number of hydrogen-bond donors (Lipinski definition) is 1. The minimum absolute atomic E-state index is 0.00174. The second-order valence-corrected chi connectivity index (χ2v) is 4.63. The molecule has 0 heterocycles. The largest absolute Gasteiger partial charge is 0.515 e. The van der Waals surface area contributed by atoms with E-state index in [0.717, 1.165) is 19.1 Å². The molecule has 0 aliphatic heterocycles. The molecule has 2 nitrogen and oxygen atoms in total. The Morgan fingerprint density at radius 3 is 3.00 bits per heavy atom. The summed E-state index contributed by atoms with van der Waals surface area (Å²) in [4.78, 5) is 11.5. The Hall–Kier alpha value is -1.05. The molecule has 2 aliphatic carbocycles. The number of aliphatic hydroxyl groups excluding tert-OH is 1. The van der Waals surface area contributed by atoms with Crippen molar-refractivity contribution in [2.24, 2.45) is 5.41 Å². The molecule has 2 rings (SSSR count). The fraction of sp³-hybridized carbons (Fsp3) is 0.583. The Kier molecular flexibility index (Phi) is 2.22. The number of carbonyl (C=O) groups excluding carboxylic acids is 1. The predicted octanol–water partition coefficient (Wildman–Crippen LogP) is 2.91. The maximum atomic E-state index is 11.5. The third-order valence-corrected chi connectivity index (χ3v) is 3.56. The van der Waals surface area contributed by atoms with Crippen molar-refractivity contribution in [3.63, 3.8) is 0 Å². The van der Waals surface area contributed by atoms with Gasteiger partial charge in [0.1, 0.15) is 0 Å². The quantitative estimate of drug-likeness (QED) is 0.473. The van der Waals surface area contributed by atoms with Crippen LogP contribution < -0.4 is 0 Å². The van der Waals surface area contributed by atoms with E-state index in [-0.39, 0.29) is 11.2 Å². The zero-order valence-electron chi connectivity index (χ0n) is 8.55. The maximum absolute atomic E-state index is 11.5. The van der Waals surface area contributed by atoms with E-state index in [4.69, 9.17) is 5.11 Å². The van der Waals surface area contributed by atoms with Crippen molar-refractivity contribution in [1.82, 2.24) is 0 Å². The first-order chi connectivity index (χ1) is 6.65. The molecule has 1 saturated carbocycles. The van der Waals surface area contributed by atoms with Crippen LogP contribution >= 0.6 is 0 Å². The maximum Gasteiger partial charge on any atom is 0.184 e. The van der Waals surface area contributed by atoms with Crippen molar-refractivity contribution in [2.45, 2.75) is 39.0 Å². The molecular formula is C12H16O2. The minimum Gasteiger partial charge on any atom is -0.515 e. The minimum atomic E-state index is 0.00174. The Morgan fingerprint density at radius 2 is 2.29 bits per heavy atom. The average molecular weight is 192 g/mol. The monoisotopic (exact) mass is 192 g/mol. The Balaban J connectivity index is 2.37. The Bertz CT molecular complexity index is 325. The van der Waals surface area contributed by atoms with Gasteiger partial charge in [0.2, 0.25) is 0 Å². The van der Waals surface area contributed by atoms with Crippen LogP contribution in [-0.4, -0.2) is 10.9 Å². The molecule has 0 saturated heterocycles. The summed E-state index contributed by atoms with van der Waals surface area (Å²) in [6, 6.07) is 0. The van der Waals surface area contributed by atoms with Crippen molar-refractivity contribution in [2.75, 3.05) is 0 Å². The van der Waals surface area contributed by atoms with E-state index in [1.165, 1.54) is 18.4 Å². The summed E-state index contributed by atoms with van der Waals surface area (Å²) in [6.07, 6.45) is 8.08. The second kappa shape index (κ2) is 3.26. The van der Waals surface area contributed by atoms with Crippen molar-refractivity contribution in [3.05, 3.63) is 23.5 Å². The van der Waals surface area contributed by atoms with Crippen LogP contribution in [-0.2, 0) is 4.79 Å². The lowest BCUT2D eigenvalue weighted by atomic mass is 9.65. The molecule has 2 aliphatic rings. The fourth-order valence-electron chi connectivity index (χ4n) is 2.61. The number of ketones is 1. The van der Waals surface area contributed by atoms with Crippen LogP contribution in [0.3, 0.4) is 0 Å². The molecule has 1 fully saturated rings. The first-order valence-corrected chi connectivity index (χ1v) is 5.24. The van der Waals surface area contributed by atoms with E-state index < -0.39 is 0 Å². The van der Waals surface area contributed by atoms with Crippen LogP contribution in [0.4, 0.5) is 0 Å². The molecular weight excluding hydrogens is 176 g/mol. The number of fused-ring (bicyclic) bond motifs is 1. The molecule has 0 radical (unpaired) electrons. The molecule has 1 N–H and O–H groups in total. The van der Waals surface area contributed by atoms with Gasteiger partial charge in [-0.05, 0) is 37.2 Å². The summed E-state index contributed by atoms with van der Waals surface area (Å²) in [6.45, 7) is 2.20. The van der Waals surface area contributed by atoms with Gasteiger partial charge in [0.05, 0.1) is 6.26 Å². The van der Waals surface area contributed by atoms with Crippen LogP contribution in [0.25, 0.3) is 0 Å². The molecule has 0 aromatic carbocycles. The number of aliphatic hydroxyl groups is 1. The zero-order chi connectivity index (χ0) is 10.2. The Morgan fingerprint density at radius 1 is 1.50 bits per heavy atom. The van der Waals surface area contributed by atoms with Gasteiger partial charge in [-0.15, -0.1) is 0 Å². The first kappa shape index (κ1) is 9.50. The zero-order valence-corrected chi connectivity index (χ0v) is 8.55. The average Bonchev–Trinajstić information content (AvgIpc) is 2.18. The van der Waals surface area contributed by atoms with Crippen LogP contribution in [0.1, 0.15) is 39.0 Å². The molecule has 0 spiro atoms. The van der Waals surface area contributed by atoms with Gasteiger partial charge in [0, 0.05) is 5.57 Å². The molecule has 0 unspecified atom stereocenters. The highest BCUT2D eigenvalue weighted by molar-refractivity contribution is 6.05. The third kappa shape index (κ3) is 1.39. The molecule has 76 valence electrons. The predicted molar refractivity (Wildman–Crippen MR) is 55.0 cm³/mol. The van der Waals surface area contributed by atoms with Gasteiger partial charge < -0.3 is 5.11 Å². The molecule has 1 atom stereocenters. The van der Waals surface area contributed by atoms with Crippen molar-refractivity contribution < 1.29 is 9.90 Å². The van der Waals surface area contributed by atoms with E-state index >= 15 is 0 Å². The highest BCUT2D eigenvalue weighted by atomic mass is 16.2. The normalized spacial score (nSPS) is 35.4. The van der Waals surface area contributed by atoms with Crippen molar-refractivity contribution in [3.8, 4) is 0 Å². The highest BCUT2D eigenvalue weighted by Crippen LogP contribution is 2.47. The summed E-state index contributed by atoms with van der Waals surface area (Å²) in [5.74, 6) is 0.00174. The summed E-state index contributed by atoms with van der Waals surface area (Å²) < 4.78 is 0. The van der Waals surface area contributed by atoms with Crippen LogP contribution in [0.2, 0.25) is 0 Å². The van der Waals surface area contributed by atoms with Gasteiger partial charge in [0.25, 0.3) is 0 Å². The lowest BCUT2D eigenvalue weighted by Crippen LogP contribution is -2.29. The summed E-state index contributed by atoms with van der Waals surface area (Å²) in [5.41, 5.74) is 2.00. The van der Waals surface area contributed by atoms with Gasteiger partial charge in [-0.1, -0.05) is 18.9 Å². The molecule has 14 heavy (non-hydrogen) atoms. The number of carbonyl (C=O) groups is 1. The lowest BCUT2D eigenvalue weighted by Gasteiger charge is -2.39. The molecule has 2 heteroatoms. The number of rotatable bonds is 0. The third-order valence-electron chi connectivity index (χ3n) is 3.56. The van der Waals surface area contributed by atoms with Crippen molar-refractivity contribution >= 4 is 5.78 Å². The SMILES string of the molecule is C[C@@]12CCCCC1=CC(=O)/C(=C\O)C2. The first-order valence-electron chi connectivity index (χ1n) is 5.24. The lowest BCUT2D eigenvalue weighted by molar-refractivity contribution is -0.112. The fourth-order valence-corrected chi connectivity index (χ4v) is 2.61. The van der Waals surface area contributed by atoms with Crippen molar-refractivity contribution in [1.29, 1.82) is 0 Å². The van der Waals surface area contributed by atoms with Gasteiger partial charge in [-0.25, -0.2) is 0 Å². The van der Waals surface area contributed by atoms with E-state index in [1.54, 1.807) is 6.08 Å². The van der Waals surface area contributed by atoms with Crippen LogP contribution in [0.5, 0.6) is 0 Å². The van der Waals surface area contributed by atoms with Gasteiger partial charge in [-0.2, -0.15) is 0 Å².